The van der Waals surface area contributed by atoms with Crippen LogP contribution in [0.3, 0.4) is 0 Å². The third-order valence-corrected chi connectivity index (χ3v) is 2.86. The Morgan fingerprint density at radius 2 is 2.18 bits per heavy atom. The molecule has 2 heterocycles. The third-order valence-electron chi connectivity index (χ3n) is 2.86. The van der Waals surface area contributed by atoms with E-state index in [9.17, 15) is 14.4 Å². The van der Waals surface area contributed by atoms with Crippen molar-refractivity contribution in [3.05, 3.63) is 0 Å². The number of cyclic esters (lactones) is 1. The number of ether oxygens (including phenoxy) is 3. The molecule has 2 fully saturated rings. The molecule has 2 aliphatic rings. The smallest absolute Gasteiger partial charge is 0.347 e. The molecule has 0 spiro atoms. The fourth-order valence-electron chi connectivity index (χ4n) is 1.75. The molecule has 0 aromatic rings. The maximum atomic E-state index is 11.5. The molecule has 1 N–H and O–H groups in total. The minimum atomic E-state index is -1.47. The van der Waals surface area contributed by atoms with Gasteiger partial charge in [-0.15, -0.1) is 0 Å². The van der Waals surface area contributed by atoms with Gasteiger partial charge in [0.2, 0.25) is 6.10 Å². The molecule has 2 unspecified atom stereocenters. The van der Waals surface area contributed by atoms with E-state index in [4.69, 9.17) is 14.6 Å². The van der Waals surface area contributed by atoms with E-state index in [0.29, 0.717) is 13.0 Å². The van der Waals surface area contributed by atoms with Gasteiger partial charge < -0.3 is 19.3 Å². The summed E-state index contributed by atoms with van der Waals surface area (Å²) in [6.45, 7) is 0.530. The van der Waals surface area contributed by atoms with Gasteiger partial charge in [-0.05, 0) is 0 Å². The Bertz CT molecular complexity index is 358. The average molecular weight is 244 g/mol. The molecule has 7 nitrogen and oxygen atoms in total. The van der Waals surface area contributed by atoms with Crippen molar-refractivity contribution in [2.75, 3.05) is 13.2 Å². The van der Waals surface area contributed by atoms with E-state index in [1.807, 2.05) is 0 Å². The van der Waals surface area contributed by atoms with Crippen molar-refractivity contribution >= 4 is 17.9 Å². The number of carboxylic acids is 1. The summed E-state index contributed by atoms with van der Waals surface area (Å²) in [5.74, 6) is -2.53. The van der Waals surface area contributed by atoms with Gasteiger partial charge in [-0.25, -0.2) is 9.59 Å². The molecule has 2 aliphatic heterocycles. The fraction of sp³-hybridized carbons (Fsp3) is 0.700. The van der Waals surface area contributed by atoms with Gasteiger partial charge in [-0.1, -0.05) is 0 Å². The van der Waals surface area contributed by atoms with Crippen LogP contribution in [-0.2, 0) is 28.6 Å². The number of rotatable bonds is 4. The van der Waals surface area contributed by atoms with E-state index in [1.54, 1.807) is 0 Å². The summed E-state index contributed by atoms with van der Waals surface area (Å²) in [7, 11) is 0. The van der Waals surface area contributed by atoms with Crippen LogP contribution in [0.4, 0.5) is 0 Å². The zero-order valence-corrected chi connectivity index (χ0v) is 9.01. The normalized spacial score (nSPS) is 31.5. The van der Waals surface area contributed by atoms with Crippen LogP contribution in [0.5, 0.6) is 0 Å². The summed E-state index contributed by atoms with van der Waals surface area (Å²) in [5.41, 5.74) is -1.47. The molecule has 0 saturated carbocycles. The lowest BCUT2D eigenvalue weighted by Crippen LogP contribution is -2.52. The second-order valence-corrected chi connectivity index (χ2v) is 4.01. The molecule has 0 aromatic heterocycles. The zero-order valence-electron chi connectivity index (χ0n) is 9.01. The van der Waals surface area contributed by atoms with E-state index < -0.39 is 29.6 Å². The van der Waals surface area contributed by atoms with E-state index in [1.165, 1.54) is 0 Å². The van der Waals surface area contributed by atoms with Crippen molar-refractivity contribution in [3.63, 3.8) is 0 Å². The average Bonchev–Trinajstić information content (AvgIpc) is 2.58. The van der Waals surface area contributed by atoms with Crippen molar-refractivity contribution in [2.24, 2.45) is 0 Å². The lowest BCUT2D eigenvalue weighted by Gasteiger charge is -2.36. The quantitative estimate of drug-likeness (QED) is 0.664. The Balaban J connectivity index is 1.88. The molecule has 94 valence electrons. The summed E-state index contributed by atoms with van der Waals surface area (Å²) in [6, 6.07) is 0. The molecule has 0 amide bonds. The first-order chi connectivity index (χ1) is 8.03. The van der Waals surface area contributed by atoms with Crippen LogP contribution in [0.15, 0.2) is 0 Å². The number of esters is 2. The molecule has 0 aliphatic carbocycles. The van der Waals surface area contributed by atoms with Crippen LogP contribution < -0.4 is 0 Å². The summed E-state index contributed by atoms with van der Waals surface area (Å²) >= 11 is 0. The van der Waals surface area contributed by atoms with Crippen LogP contribution in [0.1, 0.15) is 19.3 Å². The molecular weight excluding hydrogens is 232 g/mol. The lowest BCUT2D eigenvalue weighted by atomic mass is 9.91. The van der Waals surface area contributed by atoms with Crippen LogP contribution in [-0.4, -0.2) is 47.9 Å². The van der Waals surface area contributed by atoms with Gasteiger partial charge in [0.1, 0.15) is 0 Å². The number of carbonyl (C=O) groups is 3. The van der Waals surface area contributed by atoms with Crippen molar-refractivity contribution < 1.29 is 33.7 Å². The topological polar surface area (TPSA) is 99.1 Å². The number of carboxylic acid groups (broad SMARTS) is 1. The highest BCUT2D eigenvalue weighted by molar-refractivity contribution is 5.87. The number of hydrogen-bond acceptors (Lipinski definition) is 6. The van der Waals surface area contributed by atoms with E-state index >= 15 is 0 Å². The van der Waals surface area contributed by atoms with Crippen LogP contribution in [0.2, 0.25) is 0 Å². The summed E-state index contributed by atoms with van der Waals surface area (Å²) in [5, 5.41) is 8.92. The maximum absolute atomic E-state index is 11.5. The highest BCUT2D eigenvalue weighted by atomic mass is 16.6. The summed E-state index contributed by atoms with van der Waals surface area (Å²) in [4.78, 5) is 33.4. The predicted molar refractivity (Wildman–Crippen MR) is 51.0 cm³/mol. The number of hydrogen-bond donors (Lipinski definition) is 1. The monoisotopic (exact) mass is 244 g/mol. The standard InChI is InChI=1S/C10H12O7/c11-7(17-6-1-3-15-8(6)12)5-10(9(13)14)2-4-16-10/h6H,1-5H2,(H,13,14). The predicted octanol–water partition coefficient (Wildman–Crippen LogP) is -0.521. The molecule has 0 bridgehead atoms. The maximum Gasteiger partial charge on any atom is 0.347 e. The van der Waals surface area contributed by atoms with Crippen molar-refractivity contribution in [1.29, 1.82) is 0 Å². The molecular formula is C10H12O7. The minimum Gasteiger partial charge on any atom is -0.479 e. The van der Waals surface area contributed by atoms with Gasteiger partial charge in [0.05, 0.1) is 19.6 Å². The van der Waals surface area contributed by atoms with Crippen molar-refractivity contribution in [2.45, 2.75) is 31.0 Å². The van der Waals surface area contributed by atoms with Crippen LogP contribution in [0, 0.1) is 0 Å². The second-order valence-electron chi connectivity index (χ2n) is 4.01. The van der Waals surface area contributed by atoms with Crippen LogP contribution in [0.25, 0.3) is 0 Å². The van der Waals surface area contributed by atoms with Gasteiger partial charge in [0, 0.05) is 12.8 Å². The third kappa shape index (κ3) is 2.23. The molecule has 17 heavy (non-hydrogen) atoms. The second kappa shape index (κ2) is 4.33. The number of carbonyl (C=O) groups excluding carboxylic acids is 2. The van der Waals surface area contributed by atoms with Crippen molar-refractivity contribution in [3.8, 4) is 0 Å². The zero-order chi connectivity index (χ0) is 12.5. The van der Waals surface area contributed by atoms with E-state index in [-0.39, 0.29) is 19.4 Å². The Morgan fingerprint density at radius 3 is 2.59 bits per heavy atom. The van der Waals surface area contributed by atoms with Gasteiger partial charge in [-0.2, -0.15) is 0 Å². The highest BCUT2D eigenvalue weighted by Crippen LogP contribution is 2.31. The molecule has 2 rings (SSSR count). The van der Waals surface area contributed by atoms with Crippen molar-refractivity contribution in [1.82, 2.24) is 0 Å². The minimum absolute atomic E-state index is 0.220. The summed E-state index contributed by atoms with van der Waals surface area (Å²) in [6.07, 6.45) is -0.710. The highest BCUT2D eigenvalue weighted by Gasteiger charge is 2.49. The lowest BCUT2D eigenvalue weighted by molar-refractivity contribution is -0.202. The van der Waals surface area contributed by atoms with E-state index in [0.717, 1.165) is 0 Å². The molecule has 0 aromatic carbocycles. The number of aliphatic carboxylic acids is 1. The molecule has 7 heteroatoms. The Labute approximate surface area is 96.6 Å². The van der Waals surface area contributed by atoms with Gasteiger partial charge in [-0.3, -0.25) is 4.79 Å². The first-order valence-electron chi connectivity index (χ1n) is 5.27. The van der Waals surface area contributed by atoms with Crippen LogP contribution >= 0.6 is 0 Å². The molecule has 0 radical (unpaired) electrons. The molecule has 2 saturated heterocycles. The Kier molecular flexibility index (Phi) is 3.01. The fourth-order valence-corrected chi connectivity index (χ4v) is 1.75. The Hall–Kier alpha value is -1.63. The van der Waals surface area contributed by atoms with Gasteiger partial charge in [0.25, 0.3) is 0 Å². The van der Waals surface area contributed by atoms with Gasteiger partial charge >= 0.3 is 17.9 Å². The van der Waals surface area contributed by atoms with E-state index in [2.05, 4.69) is 4.74 Å². The largest absolute Gasteiger partial charge is 0.479 e. The Morgan fingerprint density at radius 1 is 1.47 bits per heavy atom. The molecule has 2 atom stereocenters. The first-order valence-corrected chi connectivity index (χ1v) is 5.27. The summed E-state index contributed by atoms with van der Waals surface area (Å²) < 4.78 is 14.4. The SMILES string of the molecule is O=C(CC1(C(=O)O)CCO1)OC1CCOC1=O. The first kappa shape index (κ1) is 11.8. The van der Waals surface area contributed by atoms with Gasteiger partial charge in [0.15, 0.2) is 5.60 Å².